The molecular formula is C26H30ClNO5. The zero-order valence-corrected chi connectivity index (χ0v) is 19.8. The molecule has 1 saturated carbocycles. The van der Waals surface area contributed by atoms with Crippen LogP contribution in [0.4, 0.5) is 0 Å². The Kier molecular flexibility index (Phi) is 9.19. The number of rotatable bonds is 9. The molecule has 0 aliphatic heterocycles. The SMILES string of the molecule is COC(=O)C1CCCCC1CNC(=O)/C=C/c1ccc(OCc2ccc(Cl)cc2)c(OC)c1. The van der Waals surface area contributed by atoms with Crippen molar-refractivity contribution < 1.29 is 23.8 Å². The van der Waals surface area contributed by atoms with Gasteiger partial charge in [-0.2, -0.15) is 0 Å². The minimum absolute atomic E-state index is 0.112. The van der Waals surface area contributed by atoms with Crippen molar-refractivity contribution >= 4 is 29.6 Å². The van der Waals surface area contributed by atoms with Gasteiger partial charge in [0, 0.05) is 17.6 Å². The van der Waals surface area contributed by atoms with Crippen LogP contribution < -0.4 is 14.8 Å². The quantitative estimate of drug-likeness (QED) is 0.410. The molecule has 1 aliphatic rings. The zero-order chi connectivity index (χ0) is 23.6. The summed E-state index contributed by atoms with van der Waals surface area (Å²) in [7, 11) is 2.99. The Morgan fingerprint density at radius 3 is 2.55 bits per heavy atom. The second-order valence-corrected chi connectivity index (χ2v) is 8.51. The lowest BCUT2D eigenvalue weighted by molar-refractivity contribution is -0.148. The van der Waals surface area contributed by atoms with Crippen LogP contribution in [0.3, 0.4) is 0 Å². The molecule has 0 aromatic heterocycles. The van der Waals surface area contributed by atoms with Crippen LogP contribution in [0.25, 0.3) is 6.08 Å². The number of carbonyl (C=O) groups excluding carboxylic acids is 2. The summed E-state index contributed by atoms with van der Waals surface area (Å²) in [4.78, 5) is 24.3. The van der Waals surface area contributed by atoms with Crippen LogP contribution in [-0.2, 0) is 20.9 Å². The van der Waals surface area contributed by atoms with Crippen molar-refractivity contribution in [2.75, 3.05) is 20.8 Å². The summed E-state index contributed by atoms with van der Waals surface area (Å²) in [5.74, 6) is 0.773. The molecule has 0 radical (unpaired) electrons. The highest BCUT2D eigenvalue weighted by molar-refractivity contribution is 6.30. The molecule has 1 amide bonds. The number of hydrogen-bond donors (Lipinski definition) is 1. The Labute approximate surface area is 199 Å². The first-order chi connectivity index (χ1) is 16.0. The predicted octanol–water partition coefficient (Wildman–Crippen LogP) is 5.04. The van der Waals surface area contributed by atoms with E-state index in [1.165, 1.54) is 13.2 Å². The lowest BCUT2D eigenvalue weighted by Crippen LogP contribution is -2.37. The number of nitrogens with one attached hydrogen (secondary N) is 1. The van der Waals surface area contributed by atoms with Gasteiger partial charge in [0.15, 0.2) is 11.5 Å². The fourth-order valence-electron chi connectivity index (χ4n) is 4.02. The molecule has 6 nitrogen and oxygen atoms in total. The standard InChI is InChI=1S/C26H30ClNO5/c1-31-24-15-18(9-13-23(24)33-17-19-7-11-21(27)12-8-19)10-14-25(29)28-16-20-5-3-4-6-22(20)26(30)32-2/h7-15,20,22H,3-6,16-17H2,1-2H3,(H,28,29)/b14-10+. The molecule has 2 aromatic rings. The van der Waals surface area contributed by atoms with Gasteiger partial charge in [-0.1, -0.05) is 42.6 Å². The third kappa shape index (κ3) is 7.26. The molecule has 0 saturated heterocycles. The molecule has 33 heavy (non-hydrogen) atoms. The number of esters is 1. The van der Waals surface area contributed by atoms with Gasteiger partial charge in [0.2, 0.25) is 5.91 Å². The normalized spacial score (nSPS) is 18.0. The van der Waals surface area contributed by atoms with E-state index >= 15 is 0 Å². The summed E-state index contributed by atoms with van der Waals surface area (Å²) >= 11 is 5.92. The largest absolute Gasteiger partial charge is 0.493 e. The van der Waals surface area contributed by atoms with E-state index in [4.69, 9.17) is 25.8 Å². The average Bonchev–Trinajstić information content (AvgIpc) is 2.85. The molecule has 3 rings (SSSR count). The van der Waals surface area contributed by atoms with Crippen LogP contribution in [0.1, 0.15) is 36.8 Å². The predicted molar refractivity (Wildman–Crippen MR) is 128 cm³/mol. The molecule has 1 fully saturated rings. The molecule has 2 aromatic carbocycles. The monoisotopic (exact) mass is 471 g/mol. The van der Waals surface area contributed by atoms with Gasteiger partial charge < -0.3 is 19.5 Å². The number of methoxy groups -OCH3 is 2. The molecule has 2 unspecified atom stereocenters. The van der Waals surface area contributed by atoms with E-state index in [2.05, 4.69) is 5.32 Å². The van der Waals surface area contributed by atoms with Crippen LogP contribution >= 0.6 is 11.6 Å². The highest BCUT2D eigenvalue weighted by Gasteiger charge is 2.31. The number of carbonyl (C=O) groups is 2. The van der Waals surface area contributed by atoms with Crippen LogP contribution in [0.5, 0.6) is 11.5 Å². The highest BCUT2D eigenvalue weighted by atomic mass is 35.5. The Hall–Kier alpha value is -2.99. The van der Waals surface area contributed by atoms with Gasteiger partial charge in [-0.25, -0.2) is 0 Å². The smallest absolute Gasteiger partial charge is 0.309 e. The summed E-state index contributed by atoms with van der Waals surface area (Å²) < 4.78 is 16.2. The van der Waals surface area contributed by atoms with Gasteiger partial charge in [-0.05, 0) is 60.2 Å². The first kappa shape index (κ1) is 24.6. The van der Waals surface area contributed by atoms with E-state index < -0.39 is 0 Å². The first-order valence-electron chi connectivity index (χ1n) is 11.1. The molecule has 7 heteroatoms. The van der Waals surface area contributed by atoms with Gasteiger partial charge in [0.05, 0.1) is 20.1 Å². The number of amides is 1. The summed E-state index contributed by atoms with van der Waals surface area (Å²) in [5.41, 5.74) is 1.81. The van der Waals surface area contributed by atoms with Crippen molar-refractivity contribution in [2.24, 2.45) is 11.8 Å². The second-order valence-electron chi connectivity index (χ2n) is 8.08. The minimum atomic E-state index is -0.203. The Morgan fingerprint density at radius 2 is 1.82 bits per heavy atom. The molecule has 0 bridgehead atoms. The maximum Gasteiger partial charge on any atom is 0.309 e. The fraction of sp³-hybridized carbons (Fsp3) is 0.385. The maximum atomic E-state index is 12.3. The fourth-order valence-corrected chi connectivity index (χ4v) is 4.15. The van der Waals surface area contributed by atoms with Crippen LogP contribution in [0.15, 0.2) is 48.5 Å². The van der Waals surface area contributed by atoms with Gasteiger partial charge in [0.1, 0.15) is 6.61 Å². The van der Waals surface area contributed by atoms with Gasteiger partial charge in [-0.15, -0.1) is 0 Å². The molecule has 176 valence electrons. The van der Waals surface area contributed by atoms with E-state index in [0.717, 1.165) is 36.8 Å². The average molecular weight is 472 g/mol. The maximum absolute atomic E-state index is 12.3. The van der Waals surface area contributed by atoms with Crippen LogP contribution in [0, 0.1) is 11.8 Å². The van der Waals surface area contributed by atoms with Gasteiger partial charge in [0.25, 0.3) is 0 Å². The van der Waals surface area contributed by atoms with E-state index in [0.29, 0.717) is 29.7 Å². The lowest BCUT2D eigenvalue weighted by Gasteiger charge is -2.29. The van der Waals surface area contributed by atoms with E-state index in [1.54, 1.807) is 13.2 Å². The molecule has 1 N–H and O–H groups in total. The van der Waals surface area contributed by atoms with Crippen molar-refractivity contribution in [1.29, 1.82) is 0 Å². The van der Waals surface area contributed by atoms with Gasteiger partial charge in [-0.3, -0.25) is 9.59 Å². The topological polar surface area (TPSA) is 73.9 Å². The number of halogens is 1. The summed E-state index contributed by atoms with van der Waals surface area (Å²) in [6.45, 7) is 0.850. The minimum Gasteiger partial charge on any atom is -0.493 e. The van der Waals surface area contributed by atoms with E-state index in [9.17, 15) is 9.59 Å². The summed E-state index contributed by atoms with van der Waals surface area (Å²) in [6.07, 6.45) is 7.02. The zero-order valence-electron chi connectivity index (χ0n) is 19.0. The molecule has 2 atom stereocenters. The molecule has 0 spiro atoms. The van der Waals surface area contributed by atoms with Gasteiger partial charge >= 0.3 is 5.97 Å². The Balaban J connectivity index is 1.54. The lowest BCUT2D eigenvalue weighted by atomic mass is 9.79. The molecule has 0 heterocycles. The van der Waals surface area contributed by atoms with Crippen molar-refractivity contribution in [3.8, 4) is 11.5 Å². The number of benzene rings is 2. The number of ether oxygens (including phenoxy) is 3. The van der Waals surface area contributed by atoms with E-state index in [1.807, 2.05) is 42.5 Å². The number of hydrogen-bond acceptors (Lipinski definition) is 5. The van der Waals surface area contributed by atoms with Crippen molar-refractivity contribution in [1.82, 2.24) is 5.32 Å². The van der Waals surface area contributed by atoms with Crippen molar-refractivity contribution in [3.63, 3.8) is 0 Å². The Bertz CT molecular complexity index is 973. The second kappa shape index (κ2) is 12.3. The van der Waals surface area contributed by atoms with Crippen molar-refractivity contribution in [2.45, 2.75) is 32.3 Å². The molecule has 1 aliphatic carbocycles. The summed E-state index contributed by atoms with van der Waals surface area (Å²) in [5, 5.41) is 3.59. The first-order valence-corrected chi connectivity index (χ1v) is 11.5. The van der Waals surface area contributed by atoms with Crippen molar-refractivity contribution in [3.05, 3.63) is 64.7 Å². The molecular weight excluding hydrogens is 442 g/mol. The third-order valence-corrected chi connectivity index (χ3v) is 6.13. The van der Waals surface area contributed by atoms with Crippen LogP contribution in [-0.4, -0.2) is 32.6 Å². The third-order valence-electron chi connectivity index (χ3n) is 5.87. The van der Waals surface area contributed by atoms with E-state index in [-0.39, 0.29) is 23.7 Å². The highest BCUT2D eigenvalue weighted by Crippen LogP contribution is 2.31. The summed E-state index contributed by atoms with van der Waals surface area (Å²) in [6, 6.07) is 12.9. The van der Waals surface area contributed by atoms with Crippen LogP contribution in [0.2, 0.25) is 5.02 Å². The Morgan fingerprint density at radius 1 is 1.06 bits per heavy atom.